The maximum atomic E-state index is 4.01. The van der Waals surface area contributed by atoms with Crippen LogP contribution < -0.4 is 19.6 Å². The number of rotatable bonds is 14. The zero-order valence-corrected chi connectivity index (χ0v) is 67.7. The summed E-state index contributed by atoms with van der Waals surface area (Å²) in [6, 6.07) is 146. The Morgan fingerprint density at radius 3 is 0.693 bits per heavy atom. The molecule has 0 aliphatic rings. The number of benzene rings is 18. The van der Waals surface area contributed by atoms with Crippen molar-refractivity contribution in [3.63, 3.8) is 0 Å². The van der Waals surface area contributed by atoms with E-state index in [4.69, 9.17) is 0 Å². The van der Waals surface area contributed by atoms with Gasteiger partial charge in [0.25, 0.3) is 0 Å². The molecule has 0 unspecified atom stereocenters. The average Bonchev–Trinajstić information content (AvgIpc) is 1.34. The van der Waals surface area contributed by atoms with E-state index in [2.05, 4.69) is 452 Å². The van der Waals surface area contributed by atoms with Crippen LogP contribution in [0.4, 0.5) is 68.2 Å². The summed E-state index contributed by atoms with van der Waals surface area (Å²) < 4.78 is 12.3. The zero-order chi connectivity index (χ0) is 75.7. The van der Waals surface area contributed by atoms with Crippen molar-refractivity contribution >= 4 is 248 Å². The fourth-order valence-electron chi connectivity index (χ4n) is 16.3. The van der Waals surface area contributed by atoms with E-state index in [1.165, 1.54) is 124 Å². The van der Waals surface area contributed by atoms with Crippen molar-refractivity contribution in [1.82, 2.24) is 0 Å². The van der Waals surface area contributed by atoms with Gasteiger partial charge in [-0.3, -0.25) is 0 Å². The van der Waals surface area contributed by atoms with E-state index in [0.717, 1.165) is 77.2 Å². The van der Waals surface area contributed by atoms with Crippen LogP contribution in [0.2, 0.25) is 0 Å². The van der Waals surface area contributed by atoms with Crippen molar-refractivity contribution in [2.24, 2.45) is 0 Å². The first-order valence-electron chi connectivity index (χ1n) is 38.0. The lowest BCUT2D eigenvalue weighted by Gasteiger charge is -2.30. The van der Waals surface area contributed by atoms with Gasteiger partial charge in [0.15, 0.2) is 0 Å². The van der Waals surface area contributed by atoms with Gasteiger partial charge in [0.05, 0.1) is 0 Å². The molecule has 22 aromatic rings. The third kappa shape index (κ3) is 13.1. The maximum absolute atomic E-state index is 4.01. The Labute approximate surface area is 692 Å². The van der Waals surface area contributed by atoms with Gasteiger partial charge in [-0.05, 0) is 226 Å². The summed E-state index contributed by atoms with van der Waals surface area (Å²) in [5.41, 5.74) is 17.8. The molecule has 0 atom stereocenters. The molecule has 0 aliphatic heterocycles. The summed E-state index contributed by atoms with van der Waals surface area (Å²) in [5, 5.41) is 15.1. The van der Waals surface area contributed by atoms with Crippen LogP contribution in [0.5, 0.6) is 0 Å². The zero-order valence-electron chi connectivity index (χ0n) is 61.3. The van der Waals surface area contributed by atoms with Crippen LogP contribution in [0.3, 0.4) is 0 Å². The number of thiophene rings is 4. The standard InChI is InChI=1S/C54H35BrN2S2.C50H31BrN2S2/c55-40-31-45(56(41-23-19-38(20-24-41)36-11-3-1-4-12-36)43-27-29-53-49(34-43)47-15-7-9-17-51(47)58-53)33-46(32-40)57(42-25-21-39(22-26-42)37-13-5-2-6-14-37)44-28-30-54-50(35-44)48-16-8-10-18-52(48)59-54;51-36-27-41(52(37-19-17-32-9-1-3-11-34(32)25-37)39-21-23-49-45(30-39)43-13-5-7-15-47(43)54-49)29-42(28-36)53(38-20-18-33-10-2-4-12-35(33)26-38)40-22-24-50-46(31-40)44-14-6-8-16-48(44)55-50/h1-35H;1-31H. The number of halogens is 2. The summed E-state index contributed by atoms with van der Waals surface area (Å²) in [7, 11) is 0. The first-order chi connectivity index (χ1) is 56.2. The number of fused-ring (bicyclic) bond motifs is 14. The fraction of sp³-hybridized carbons (Fsp3) is 0. The Kier molecular flexibility index (Phi) is 18.0. The van der Waals surface area contributed by atoms with Crippen LogP contribution in [0, 0.1) is 0 Å². The van der Waals surface area contributed by atoms with Gasteiger partial charge in [0.2, 0.25) is 0 Å². The smallest absolute Gasteiger partial charge is 0.0493 e. The van der Waals surface area contributed by atoms with Crippen LogP contribution in [-0.2, 0) is 0 Å². The lowest BCUT2D eigenvalue weighted by atomic mass is 10.0. The van der Waals surface area contributed by atoms with Gasteiger partial charge in [-0.25, -0.2) is 0 Å². The molecule has 0 radical (unpaired) electrons. The molecule has 4 heterocycles. The van der Waals surface area contributed by atoms with Crippen molar-refractivity contribution in [2.75, 3.05) is 19.6 Å². The number of anilines is 12. The monoisotopic (exact) mass is 1660 g/mol. The Morgan fingerprint density at radius 1 is 0.149 bits per heavy atom. The predicted molar refractivity (Wildman–Crippen MR) is 504 cm³/mol. The van der Waals surface area contributed by atoms with E-state index < -0.39 is 0 Å². The molecule has 0 fully saturated rings. The second-order valence-electron chi connectivity index (χ2n) is 28.7. The Balaban J connectivity index is 0.000000144. The highest BCUT2D eigenvalue weighted by atomic mass is 79.9. The van der Waals surface area contributed by atoms with Gasteiger partial charge in [0, 0.05) is 158 Å². The van der Waals surface area contributed by atoms with E-state index in [-0.39, 0.29) is 0 Å². The minimum absolute atomic E-state index is 0.992. The van der Waals surface area contributed by atoms with E-state index in [9.17, 15) is 0 Å². The molecular formula is C104H66Br2N4S4. The van der Waals surface area contributed by atoms with Gasteiger partial charge in [-0.15, -0.1) is 45.3 Å². The quantitative estimate of drug-likeness (QED) is 0.108. The van der Waals surface area contributed by atoms with Crippen molar-refractivity contribution < 1.29 is 0 Å². The lowest BCUT2D eigenvalue weighted by Crippen LogP contribution is -2.13. The highest BCUT2D eigenvalue weighted by molar-refractivity contribution is 9.10. The second-order valence-corrected chi connectivity index (χ2v) is 34.8. The van der Waals surface area contributed by atoms with Crippen LogP contribution in [0.25, 0.3) is 124 Å². The number of hydrogen-bond donors (Lipinski definition) is 0. The van der Waals surface area contributed by atoms with Gasteiger partial charge in [-0.1, -0.05) is 250 Å². The van der Waals surface area contributed by atoms with Gasteiger partial charge >= 0.3 is 0 Å². The molecule has 0 aliphatic carbocycles. The van der Waals surface area contributed by atoms with Gasteiger partial charge in [-0.2, -0.15) is 0 Å². The van der Waals surface area contributed by atoms with E-state index >= 15 is 0 Å². The van der Waals surface area contributed by atoms with E-state index in [0.29, 0.717) is 0 Å². The number of nitrogens with zero attached hydrogens (tertiary/aromatic N) is 4. The summed E-state index contributed by atoms with van der Waals surface area (Å²) >= 11 is 15.4. The number of hydrogen-bond acceptors (Lipinski definition) is 8. The topological polar surface area (TPSA) is 13.0 Å². The molecule has 0 spiro atoms. The molecule has 18 aromatic carbocycles. The molecule has 540 valence electrons. The van der Waals surface area contributed by atoms with Crippen LogP contribution in [-0.4, -0.2) is 0 Å². The molecule has 4 aromatic heterocycles. The maximum Gasteiger partial charge on any atom is 0.0493 e. The average molecular weight is 1660 g/mol. The third-order valence-electron chi connectivity index (χ3n) is 21.7. The Morgan fingerprint density at radius 2 is 0.377 bits per heavy atom. The molecule has 4 nitrogen and oxygen atoms in total. The summed E-state index contributed by atoms with van der Waals surface area (Å²) in [4.78, 5) is 9.59. The summed E-state index contributed by atoms with van der Waals surface area (Å²) in [6.45, 7) is 0. The highest BCUT2D eigenvalue weighted by Gasteiger charge is 2.25. The highest BCUT2D eigenvalue weighted by Crippen LogP contribution is 2.50. The van der Waals surface area contributed by atoms with Crippen molar-refractivity contribution in [3.8, 4) is 22.3 Å². The van der Waals surface area contributed by atoms with Crippen LogP contribution >= 0.6 is 77.2 Å². The van der Waals surface area contributed by atoms with E-state index in [1.807, 2.05) is 45.3 Å². The molecular weight excluding hydrogens is 1590 g/mol. The largest absolute Gasteiger partial charge is 0.310 e. The summed E-state index contributed by atoms with van der Waals surface area (Å²) in [6.07, 6.45) is 0. The summed E-state index contributed by atoms with van der Waals surface area (Å²) in [5.74, 6) is 0. The van der Waals surface area contributed by atoms with Crippen molar-refractivity contribution in [3.05, 3.63) is 409 Å². The first-order valence-corrected chi connectivity index (χ1v) is 42.9. The molecule has 0 amide bonds. The molecule has 0 bridgehead atoms. The molecule has 22 rings (SSSR count). The van der Waals surface area contributed by atoms with Crippen LogP contribution in [0.15, 0.2) is 409 Å². The van der Waals surface area contributed by atoms with Gasteiger partial charge in [0.1, 0.15) is 0 Å². The normalized spacial score (nSPS) is 11.6. The lowest BCUT2D eigenvalue weighted by molar-refractivity contribution is 1.25. The molecule has 0 N–H and O–H groups in total. The predicted octanol–water partition coefficient (Wildman–Crippen LogP) is 33.9. The SMILES string of the molecule is Brc1cc(N(c2ccc(-c3ccccc3)cc2)c2ccc3sc4ccccc4c3c2)cc(N(c2ccc(-c3ccccc3)cc2)c2ccc3sc4ccccc4c3c2)c1.Brc1cc(N(c2ccc3ccccc3c2)c2ccc3sc4ccccc4c3c2)cc(N(c2ccc3ccccc3c2)c2ccc3sc4ccccc4c3c2)c1. The van der Waals surface area contributed by atoms with Gasteiger partial charge < -0.3 is 19.6 Å². The molecule has 0 saturated carbocycles. The molecule has 0 saturated heterocycles. The minimum atomic E-state index is 0.992. The fourth-order valence-corrected chi connectivity index (χ4v) is 21.6. The van der Waals surface area contributed by atoms with Crippen LogP contribution in [0.1, 0.15) is 0 Å². The second kappa shape index (κ2) is 29.6. The van der Waals surface area contributed by atoms with Crippen molar-refractivity contribution in [2.45, 2.75) is 0 Å². The molecule has 10 heteroatoms. The van der Waals surface area contributed by atoms with Crippen molar-refractivity contribution in [1.29, 1.82) is 0 Å². The molecule has 114 heavy (non-hydrogen) atoms. The minimum Gasteiger partial charge on any atom is -0.310 e. The third-order valence-corrected chi connectivity index (χ3v) is 27.2. The first kappa shape index (κ1) is 69.5. The Bertz CT molecular complexity index is 7000. The Hall–Kier alpha value is -12.5. The van der Waals surface area contributed by atoms with E-state index in [1.54, 1.807) is 0 Å².